The van der Waals surface area contributed by atoms with Gasteiger partial charge in [-0.15, -0.1) is 0 Å². The lowest BCUT2D eigenvalue weighted by atomic mass is 9.85. The molecule has 1 unspecified atom stereocenters. The fourth-order valence-corrected chi connectivity index (χ4v) is 3.75. The Kier molecular flexibility index (Phi) is 6.95. The number of aliphatic carboxylic acids is 1. The van der Waals surface area contributed by atoms with Gasteiger partial charge in [0, 0.05) is 29.5 Å². The minimum absolute atomic E-state index is 0.103. The number of carbonyl (C=O) groups excluding carboxylic acids is 1. The van der Waals surface area contributed by atoms with Crippen molar-refractivity contribution in [3.63, 3.8) is 0 Å². The molecule has 1 saturated heterocycles. The van der Waals surface area contributed by atoms with E-state index in [1.54, 1.807) is 11.8 Å². The van der Waals surface area contributed by atoms with Crippen molar-refractivity contribution < 1.29 is 23.8 Å². The average molecular weight is 465 g/mol. The Balaban J connectivity index is 1.47. The van der Waals surface area contributed by atoms with Gasteiger partial charge in [-0.05, 0) is 49.9 Å². The van der Waals surface area contributed by atoms with Crippen molar-refractivity contribution in [1.82, 2.24) is 9.88 Å². The van der Waals surface area contributed by atoms with Gasteiger partial charge in [-0.25, -0.2) is 9.78 Å². The van der Waals surface area contributed by atoms with E-state index in [9.17, 15) is 9.59 Å². The minimum atomic E-state index is -0.781. The molecule has 1 N–H and O–H groups in total. The summed E-state index contributed by atoms with van der Waals surface area (Å²) in [5, 5.41) is 9.12. The molecule has 3 rings (SSSR count). The predicted octanol–water partition coefficient (Wildman–Crippen LogP) is 4.52. The molecule has 29 heavy (non-hydrogen) atoms. The van der Waals surface area contributed by atoms with Gasteiger partial charge in [0.1, 0.15) is 5.76 Å². The van der Waals surface area contributed by atoms with E-state index in [0.29, 0.717) is 44.0 Å². The zero-order valence-corrected chi connectivity index (χ0v) is 18.1. The fourth-order valence-electron chi connectivity index (χ4n) is 3.49. The summed E-state index contributed by atoms with van der Waals surface area (Å²) in [6.45, 7) is 4.84. The number of oxazole rings is 1. The van der Waals surface area contributed by atoms with Crippen molar-refractivity contribution >= 4 is 28.0 Å². The summed E-state index contributed by atoms with van der Waals surface area (Å²) in [7, 11) is 0. The van der Waals surface area contributed by atoms with Crippen LogP contribution < -0.4 is 0 Å². The van der Waals surface area contributed by atoms with E-state index >= 15 is 0 Å². The van der Waals surface area contributed by atoms with Crippen LogP contribution in [0.2, 0.25) is 0 Å². The van der Waals surface area contributed by atoms with Gasteiger partial charge >= 0.3 is 12.1 Å². The van der Waals surface area contributed by atoms with Gasteiger partial charge in [0.2, 0.25) is 5.89 Å². The Morgan fingerprint density at radius 3 is 2.59 bits per heavy atom. The second-order valence-corrected chi connectivity index (χ2v) is 8.26. The minimum Gasteiger partial charge on any atom is -0.481 e. The summed E-state index contributed by atoms with van der Waals surface area (Å²) in [6, 6.07) is 7.70. The van der Waals surface area contributed by atoms with Gasteiger partial charge in [-0.1, -0.05) is 22.9 Å². The van der Waals surface area contributed by atoms with Crippen LogP contribution in [0, 0.1) is 18.8 Å². The van der Waals surface area contributed by atoms with Crippen LogP contribution in [0.5, 0.6) is 0 Å². The summed E-state index contributed by atoms with van der Waals surface area (Å²) in [6.07, 6.45) is 1.48. The Hall–Kier alpha value is -2.35. The number of piperidine rings is 1. The Morgan fingerprint density at radius 1 is 1.31 bits per heavy atom. The highest BCUT2D eigenvalue weighted by Crippen LogP contribution is 2.26. The number of hydrogen-bond acceptors (Lipinski definition) is 5. The number of aromatic nitrogens is 1. The molecule has 2 aromatic rings. The number of amides is 1. The van der Waals surface area contributed by atoms with Crippen LogP contribution in [0.15, 0.2) is 33.2 Å². The lowest BCUT2D eigenvalue weighted by Crippen LogP contribution is -2.41. The summed E-state index contributed by atoms with van der Waals surface area (Å²) in [4.78, 5) is 29.6. The standard InChI is InChI=1S/C21H25BrN2O5/c1-13(20(25)26)15-7-10-24(11-8-15)21(27)28-12-9-18-14(2)29-19(23-18)16-3-5-17(22)6-4-16/h3-6,13,15H,7-12H2,1-2H3,(H,25,26). The lowest BCUT2D eigenvalue weighted by Gasteiger charge is -2.32. The third kappa shape index (κ3) is 5.38. The first-order chi connectivity index (χ1) is 13.8. The van der Waals surface area contributed by atoms with E-state index in [-0.39, 0.29) is 24.5 Å². The number of carboxylic acids is 1. The van der Waals surface area contributed by atoms with Gasteiger partial charge in [0.15, 0.2) is 0 Å². The van der Waals surface area contributed by atoms with Crippen molar-refractivity contribution in [2.75, 3.05) is 19.7 Å². The second-order valence-electron chi connectivity index (χ2n) is 7.34. The molecule has 1 aromatic carbocycles. The smallest absolute Gasteiger partial charge is 0.409 e. The van der Waals surface area contributed by atoms with E-state index < -0.39 is 5.97 Å². The molecule has 1 atom stereocenters. The van der Waals surface area contributed by atoms with Gasteiger partial charge < -0.3 is 19.2 Å². The zero-order valence-electron chi connectivity index (χ0n) is 16.6. The normalized spacial score (nSPS) is 15.9. The third-order valence-electron chi connectivity index (χ3n) is 5.44. The van der Waals surface area contributed by atoms with Crippen LogP contribution in [-0.2, 0) is 16.0 Å². The number of aryl methyl sites for hydroxylation is 1. The van der Waals surface area contributed by atoms with E-state index in [2.05, 4.69) is 20.9 Å². The summed E-state index contributed by atoms with van der Waals surface area (Å²) in [5.41, 5.74) is 1.66. The molecule has 1 aliphatic rings. The monoisotopic (exact) mass is 464 g/mol. The van der Waals surface area contributed by atoms with Crippen molar-refractivity contribution in [1.29, 1.82) is 0 Å². The second kappa shape index (κ2) is 9.43. The van der Waals surface area contributed by atoms with E-state index in [1.807, 2.05) is 31.2 Å². The molecule has 1 aromatic heterocycles. The number of halogens is 1. The SMILES string of the molecule is Cc1oc(-c2ccc(Br)cc2)nc1CCOC(=O)N1CCC(C(C)C(=O)O)CC1. The Bertz CT molecular complexity index is 856. The number of likely N-dealkylation sites (tertiary alicyclic amines) is 1. The van der Waals surface area contributed by atoms with Crippen LogP contribution in [0.3, 0.4) is 0 Å². The Morgan fingerprint density at radius 2 is 1.97 bits per heavy atom. The van der Waals surface area contributed by atoms with Gasteiger partial charge in [-0.2, -0.15) is 0 Å². The van der Waals surface area contributed by atoms with Gasteiger partial charge in [-0.3, -0.25) is 4.79 Å². The molecular weight excluding hydrogens is 440 g/mol. The predicted molar refractivity (Wildman–Crippen MR) is 111 cm³/mol. The fraction of sp³-hybridized carbons (Fsp3) is 0.476. The number of nitrogens with zero attached hydrogens (tertiary/aromatic N) is 2. The summed E-state index contributed by atoms with van der Waals surface area (Å²) in [5.74, 6) is 0.194. The first-order valence-corrected chi connectivity index (χ1v) is 10.5. The highest BCUT2D eigenvalue weighted by atomic mass is 79.9. The molecular formula is C21H25BrN2O5. The van der Waals surface area contributed by atoms with E-state index in [1.165, 1.54) is 0 Å². The number of benzene rings is 1. The van der Waals surface area contributed by atoms with Crippen LogP contribution >= 0.6 is 15.9 Å². The lowest BCUT2D eigenvalue weighted by molar-refractivity contribution is -0.143. The molecule has 0 radical (unpaired) electrons. The first kappa shape index (κ1) is 21.4. The molecule has 2 heterocycles. The maximum Gasteiger partial charge on any atom is 0.409 e. The topological polar surface area (TPSA) is 92.9 Å². The molecule has 0 bridgehead atoms. The highest BCUT2D eigenvalue weighted by molar-refractivity contribution is 9.10. The van der Waals surface area contributed by atoms with Crippen molar-refractivity contribution in [3.05, 3.63) is 40.2 Å². The number of ether oxygens (including phenoxy) is 1. The maximum absolute atomic E-state index is 12.3. The summed E-state index contributed by atoms with van der Waals surface area (Å²) >= 11 is 3.41. The zero-order chi connectivity index (χ0) is 21.0. The van der Waals surface area contributed by atoms with Crippen LogP contribution in [-0.4, -0.2) is 46.7 Å². The third-order valence-corrected chi connectivity index (χ3v) is 5.97. The van der Waals surface area contributed by atoms with Crippen molar-refractivity contribution in [2.24, 2.45) is 11.8 Å². The number of carbonyl (C=O) groups is 2. The van der Waals surface area contributed by atoms with Crippen molar-refractivity contribution in [2.45, 2.75) is 33.1 Å². The van der Waals surface area contributed by atoms with Crippen LogP contribution in [0.1, 0.15) is 31.2 Å². The largest absolute Gasteiger partial charge is 0.481 e. The number of rotatable bonds is 6. The number of carboxylic acid groups (broad SMARTS) is 1. The molecule has 8 heteroatoms. The van der Waals surface area contributed by atoms with Crippen LogP contribution in [0.4, 0.5) is 4.79 Å². The van der Waals surface area contributed by atoms with Gasteiger partial charge in [0.25, 0.3) is 0 Å². The highest BCUT2D eigenvalue weighted by Gasteiger charge is 2.30. The molecule has 7 nitrogen and oxygen atoms in total. The Labute approximate surface area is 178 Å². The molecule has 0 aliphatic carbocycles. The quantitative estimate of drug-likeness (QED) is 0.674. The molecule has 0 spiro atoms. The molecule has 156 valence electrons. The average Bonchev–Trinajstić information content (AvgIpc) is 3.08. The molecule has 1 fully saturated rings. The number of hydrogen-bond donors (Lipinski definition) is 1. The molecule has 1 aliphatic heterocycles. The van der Waals surface area contributed by atoms with E-state index in [4.69, 9.17) is 14.3 Å². The van der Waals surface area contributed by atoms with Crippen LogP contribution in [0.25, 0.3) is 11.5 Å². The van der Waals surface area contributed by atoms with Gasteiger partial charge in [0.05, 0.1) is 18.2 Å². The molecule has 0 saturated carbocycles. The van der Waals surface area contributed by atoms with Crippen molar-refractivity contribution in [3.8, 4) is 11.5 Å². The summed E-state index contributed by atoms with van der Waals surface area (Å²) < 4.78 is 12.1. The first-order valence-electron chi connectivity index (χ1n) is 9.72. The van der Waals surface area contributed by atoms with E-state index in [0.717, 1.165) is 15.7 Å². The maximum atomic E-state index is 12.3. The molecule has 1 amide bonds.